The molecule has 0 unspecified atom stereocenters. The lowest BCUT2D eigenvalue weighted by atomic mass is 9.92. The fourth-order valence-corrected chi connectivity index (χ4v) is 3.58. The highest BCUT2D eigenvalue weighted by atomic mass is 16.2. The van der Waals surface area contributed by atoms with Gasteiger partial charge in [0.1, 0.15) is 0 Å². The minimum Gasteiger partial charge on any atom is -0.332 e. The fourth-order valence-electron chi connectivity index (χ4n) is 3.58. The third-order valence-corrected chi connectivity index (χ3v) is 4.86. The molecule has 1 N–H and O–H groups in total. The summed E-state index contributed by atoms with van der Waals surface area (Å²) < 4.78 is 0. The first kappa shape index (κ1) is 16.2. The van der Waals surface area contributed by atoms with Gasteiger partial charge in [0.2, 0.25) is 0 Å². The van der Waals surface area contributed by atoms with Crippen molar-refractivity contribution < 1.29 is 4.79 Å². The second kappa shape index (κ2) is 6.87. The molecule has 2 aliphatic heterocycles. The Kier molecular flexibility index (Phi) is 4.85. The minimum absolute atomic E-state index is 0.0670. The molecule has 2 aliphatic rings. The number of carbonyl (C=O) groups is 1. The lowest BCUT2D eigenvalue weighted by Crippen LogP contribution is -2.59. The molecule has 1 aromatic heterocycles. The normalized spacial score (nSPS) is 20.2. The van der Waals surface area contributed by atoms with Gasteiger partial charge in [0.15, 0.2) is 0 Å². The number of hydrogen-bond acceptors (Lipinski definition) is 3. The van der Waals surface area contributed by atoms with Crippen molar-refractivity contribution >= 4 is 6.03 Å². The topological polar surface area (TPSA) is 48.5 Å². The summed E-state index contributed by atoms with van der Waals surface area (Å²) in [5, 5.41) is 3.21. The molecular formula is C18H28N4O. The van der Waals surface area contributed by atoms with Gasteiger partial charge in [0.25, 0.3) is 0 Å². The molecule has 3 rings (SSSR count). The van der Waals surface area contributed by atoms with Crippen LogP contribution in [0.15, 0.2) is 24.5 Å². The summed E-state index contributed by atoms with van der Waals surface area (Å²) >= 11 is 0. The maximum absolute atomic E-state index is 12.4. The number of amides is 2. The zero-order valence-electron chi connectivity index (χ0n) is 14.3. The van der Waals surface area contributed by atoms with Gasteiger partial charge in [0, 0.05) is 43.5 Å². The van der Waals surface area contributed by atoms with E-state index in [1.807, 2.05) is 29.4 Å². The van der Waals surface area contributed by atoms with Gasteiger partial charge < -0.3 is 15.1 Å². The number of likely N-dealkylation sites (tertiary alicyclic amines) is 2. The molecule has 3 heterocycles. The molecule has 23 heavy (non-hydrogen) atoms. The van der Waals surface area contributed by atoms with Gasteiger partial charge >= 0.3 is 6.03 Å². The van der Waals surface area contributed by atoms with E-state index in [4.69, 9.17) is 0 Å². The second-order valence-electron chi connectivity index (χ2n) is 7.53. The molecule has 5 heteroatoms. The van der Waals surface area contributed by atoms with Gasteiger partial charge in [-0.1, -0.05) is 6.42 Å². The van der Waals surface area contributed by atoms with Gasteiger partial charge in [-0.3, -0.25) is 4.98 Å². The van der Waals surface area contributed by atoms with Crippen molar-refractivity contribution in [1.82, 2.24) is 20.1 Å². The van der Waals surface area contributed by atoms with Crippen LogP contribution in [0.25, 0.3) is 0 Å². The molecule has 2 fully saturated rings. The largest absolute Gasteiger partial charge is 0.332 e. The van der Waals surface area contributed by atoms with Crippen LogP contribution in [0, 0.1) is 0 Å². The Morgan fingerprint density at radius 2 is 1.87 bits per heavy atom. The molecule has 0 bridgehead atoms. The molecule has 0 aromatic carbocycles. The van der Waals surface area contributed by atoms with Crippen LogP contribution in [0.4, 0.5) is 4.79 Å². The first-order chi connectivity index (χ1) is 11.0. The maximum Gasteiger partial charge on any atom is 0.317 e. The van der Waals surface area contributed by atoms with E-state index in [1.54, 1.807) is 0 Å². The minimum atomic E-state index is -0.184. The summed E-state index contributed by atoms with van der Waals surface area (Å²) in [4.78, 5) is 20.9. The molecule has 5 nitrogen and oxygen atoms in total. The Bertz CT molecular complexity index is 519. The van der Waals surface area contributed by atoms with Crippen molar-refractivity contribution in [3.8, 4) is 0 Å². The van der Waals surface area contributed by atoms with E-state index in [0.717, 1.165) is 32.7 Å². The van der Waals surface area contributed by atoms with Crippen molar-refractivity contribution in [2.24, 2.45) is 0 Å². The SMILES string of the molecule is CC(C)(CN1CCCCC1)NC(=O)N1CC(c2ccncc2)C1. The molecule has 1 aromatic rings. The van der Waals surface area contributed by atoms with Crippen molar-refractivity contribution in [2.75, 3.05) is 32.7 Å². The van der Waals surface area contributed by atoms with E-state index in [9.17, 15) is 4.79 Å². The third-order valence-electron chi connectivity index (χ3n) is 4.86. The number of carbonyl (C=O) groups excluding carboxylic acids is 1. The van der Waals surface area contributed by atoms with Gasteiger partial charge in [-0.15, -0.1) is 0 Å². The number of hydrogen-bond donors (Lipinski definition) is 1. The highest BCUT2D eigenvalue weighted by Gasteiger charge is 2.34. The average Bonchev–Trinajstić information content (AvgIpc) is 2.46. The zero-order valence-corrected chi connectivity index (χ0v) is 14.3. The number of rotatable bonds is 4. The molecule has 0 aliphatic carbocycles. The summed E-state index contributed by atoms with van der Waals surface area (Å²) in [6, 6.07) is 4.15. The van der Waals surface area contributed by atoms with E-state index >= 15 is 0 Å². The zero-order chi connectivity index (χ0) is 16.3. The van der Waals surface area contributed by atoms with Crippen molar-refractivity contribution in [3.63, 3.8) is 0 Å². The van der Waals surface area contributed by atoms with E-state index in [1.165, 1.54) is 24.8 Å². The van der Waals surface area contributed by atoms with Crippen LogP contribution in [0.1, 0.15) is 44.6 Å². The van der Waals surface area contributed by atoms with Crippen molar-refractivity contribution in [2.45, 2.75) is 44.6 Å². The smallest absolute Gasteiger partial charge is 0.317 e. The summed E-state index contributed by atoms with van der Waals surface area (Å²) in [6.45, 7) is 9.10. The molecule has 2 saturated heterocycles. The number of nitrogens with zero attached hydrogens (tertiary/aromatic N) is 3. The van der Waals surface area contributed by atoms with Crippen LogP contribution < -0.4 is 5.32 Å². The molecule has 0 atom stereocenters. The Balaban J connectivity index is 1.46. The highest BCUT2D eigenvalue weighted by Crippen LogP contribution is 2.26. The lowest BCUT2D eigenvalue weighted by molar-refractivity contribution is 0.129. The van der Waals surface area contributed by atoms with Crippen LogP contribution >= 0.6 is 0 Å². The van der Waals surface area contributed by atoms with Gasteiger partial charge in [-0.05, 0) is 57.5 Å². The number of aromatic nitrogens is 1. The van der Waals surface area contributed by atoms with Crippen LogP contribution in [-0.2, 0) is 0 Å². The average molecular weight is 316 g/mol. The highest BCUT2D eigenvalue weighted by molar-refractivity contribution is 5.76. The molecule has 2 amide bonds. The first-order valence-electron chi connectivity index (χ1n) is 8.73. The Labute approximate surface area is 139 Å². The first-order valence-corrected chi connectivity index (χ1v) is 8.73. The van der Waals surface area contributed by atoms with Crippen molar-refractivity contribution in [1.29, 1.82) is 0 Å². The van der Waals surface area contributed by atoms with Crippen LogP contribution in [0.3, 0.4) is 0 Å². The van der Waals surface area contributed by atoms with E-state index in [-0.39, 0.29) is 11.6 Å². The molecule has 0 spiro atoms. The fraction of sp³-hybridized carbons (Fsp3) is 0.667. The Morgan fingerprint density at radius 3 is 2.52 bits per heavy atom. The Morgan fingerprint density at radius 1 is 1.22 bits per heavy atom. The summed E-state index contributed by atoms with van der Waals surface area (Å²) in [6.07, 6.45) is 7.54. The van der Waals surface area contributed by atoms with Crippen molar-refractivity contribution in [3.05, 3.63) is 30.1 Å². The molecular weight excluding hydrogens is 288 g/mol. The van der Waals surface area contributed by atoms with Gasteiger partial charge in [-0.2, -0.15) is 0 Å². The predicted molar refractivity (Wildman–Crippen MR) is 91.5 cm³/mol. The lowest BCUT2D eigenvalue weighted by Gasteiger charge is -2.42. The second-order valence-corrected chi connectivity index (χ2v) is 7.53. The van der Waals surface area contributed by atoms with Crippen LogP contribution in [0.5, 0.6) is 0 Å². The predicted octanol–water partition coefficient (Wildman–Crippen LogP) is 2.45. The maximum atomic E-state index is 12.4. The number of pyridine rings is 1. The quantitative estimate of drug-likeness (QED) is 0.928. The molecule has 126 valence electrons. The summed E-state index contributed by atoms with van der Waals surface area (Å²) in [5.74, 6) is 0.453. The standard InChI is InChI=1S/C18H28N4O/c1-18(2,14-21-10-4-3-5-11-21)20-17(23)22-12-16(13-22)15-6-8-19-9-7-15/h6-9,16H,3-5,10-14H2,1-2H3,(H,20,23). The molecule has 0 saturated carbocycles. The van der Waals surface area contributed by atoms with E-state index < -0.39 is 0 Å². The molecule has 0 radical (unpaired) electrons. The number of nitrogens with one attached hydrogen (secondary N) is 1. The number of piperidine rings is 1. The summed E-state index contributed by atoms with van der Waals surface area (Å²) in [7, 11) is 0. The summed E-state index contributed by atoms with van der Waals surface area (Å²) in [5.41, 5.74) is 1.09. The van der Waals surface area contributed by atoms with Crippen LogP contribution in [0.2, 0.25) is 0 Å². The number of urea groups is 1. The third kappa shape index (κ3) is 4.22. The van der Waals surface area contributed by atoms with Gasteiger partial charge in [0.05, 0.1) is 0 Å². The van der Waals surface area contributed by atoms with E-state index in [2.05, 4.69) is 29.0 Å². The van der Waals surface area contributed by atoms with Crippen LogP contribution in [-0.4, -0.2) is 59.1 Å². The van der Waals surface area contributed by atoms with Gasteiger partial charge in [-0.25, -0.2) is 4.79 Å². The monoisotopic (exact) mass is 316 g/mol. The van der Waals surface area contributed by atoms with E-state index in [0.29, 0.717) is 5.92 Å². The Hall–Kier alpha value is -1.62.